The largest absolute Gasteiger partial charge is 0.271 e. The highest BCUT2D eigenvalue weighted by atomic mass is 15.2. The molecule has 0 amide bonds. The number of rotatable bonds is 4. The second-order valence-corrected chi connectivity index (χ2v) is 6.19. The molecule has 0 spiro atoms. The lowest BCUT2D eigenvalue weighted by molar-refractivity contribution is 0.303. The highest BCUT2D eigenvalue weighted by Crippen LogP contribution is 2.49. The Bertz CT molecular complexity index is 586. The van der Waals surface area contributed by atoms with Gasteiger partial charge in [0.25, 0.3) is 0 Å². The molecule has 1 fully saturated rings. The fourth-order valence-corrected chi connectivity index (χ4v) is 3.98. The van der Waals surface area contributed by atoms with E-state index in [1.807, 2.05) is 0 Å². The summed E-state index contributed by atoms with van der Waals surface area (Å²) in [5.74, 6) is 6.03. The van der Waals surface area contributed by atoms with Crippen LogP contribution in [0.5, 0.6) is 0 Å². The van der Waals surface area contributed by atoms with Crippen molar-refractivity contribution >= 4 is 0 Å². The highest BCUT2D eigenvalue weighted by molar-refractivity contribution is 5.37. The predicted octanol–water partition coefficient (Wildman–Crippen LogP) is 4.01. The van der Waals surface area contributed by atoms with Gasteiger partial charge in [0, 0.05) is 5.41 Å². The maximum absolute atomic E-state index is 6.03. The first kappa shape index (κ1) is 14.3. The topological polar surface area (TPSA) is 38.0 Å². The van der Waals surface area contributed by atoms with Crippen molar-refractivity contribution in [2.45, 2.75) is 44.1 Å². The van der Waals surface area contributed by atoms with Crippen molar-refractivity contribution in [2.75, 3.05) is 0 Å². The summed E-state index contributed by atoms with van der Waals surface area (Å²) in [4.78, 5) is 0. The summed E-state index contributed by atoms with van der Waals surface area (Å²) in [6.07, 6.45) is 4.94. The van der Waals surface area contributed by atoms with Crippen LogP contribution in [0.1, 0.15) is 48.4 Å². The van der Waals surface area contributed by atoms with Crippen molar-refractivity contribution in [3.8, 4) is 0 Å². The van der Waals surface area contributed by atoms with E-state index in [2.05, 4.69) is 66.9 Å². The van der Waals surface area contributed by atoms with Crippen LogP contribution in [0.25, 0.3) is 0 Å². The molecule has 1 aliphatic rings. The van der Waals surface area contributed by atoms with Crippen LogP contribution in [0, 0.1) is 6.92 Å². The van der Waals surface area contributed by atoms with Gasteiger partial charge < -0.3 is 0 Å². The van der Waals surface area contributed by atoms with Gasteiger partial charge in [0.1, 0.15) is 0 Å². The van der Waals surface area contributed by atoms with Gasteiger partial charge in [0.15, 0.2) is 0 Å². The van der Waals surface area contributed by atoms with Gasteiger partial charge in [-0.05, 0) is 36.5 Å². The van der Waals surface area contributed by atoms with Gasteiger partial charge in [-0.25, -0.2) is 0 Å². The van der Waals surface area contributed by atoms with Gasteiger partial charge in [0.05, 0.1) is 6.04 Å². The molecule has 0 bridgehead atoms. The Morgan fingerprint density at radius 3 is 2.19 bits per heavy atom. The van der Waals surface area contributed by atoms with Crippen molar-refractivity contribution < 1.29 is 0 Å². The van der Waals surface area contributed by atoms with E-state index in [9.17, 15) is 0 Å². The van der Waals surface area contributed by atoms with Crippen LogP contribution in [0.15, 0.2) is 54.6 Å². The van der Waals surface area contributed by atoms with E-state index in [1.54, 1.807) is 0 Å². The Kier molecular flexibility index (Phi) is 4.09. The average Bonchev–Trinajstić information content (AvgIpc) is 3.01. The molecule has 2 nitrogen and oxygen atoms in total. The van der Waals surface area contributed by atoms with E-state index >= 15 is 0 Å². The average molecular weight is 280 g/mol. The van der Waals surface area contributed by atoms with Crippen LogP contribution in [-0.2, 0) is 5.41 Å². The lowest BCUT2D eigenvalue weighted by atomic mass is 9.70. The summed E-state index contributed by atoms with van der Waals surface area (Å²) in [7, 11) is 0. The molecule has 2 heteroatoms. The maximum atomic E-state index is 6.03. The van der Waals surface area contributed by atoms with Crippen LogP contribution in [0.4, 0.5) is 0 Å². The van der Waals surface area contributed by atoms with Crippen LogP contribution < -0.4 is 11.3 Å². The number of hydrogen-bond acceptors (Lipinski definition) is 2. The number of hydrogen-bond donors (Lipinski definition) is 2. The minimum absolute atomic E-state index is 0.113. The van der Waals surface area contributed by atoms with Crippen molar-refractivity contribution in [3.63, 3.8) is 0 Å². The number of nitrogens with one attached hydrogen (secondary N) is 1. The molecule has 1 aliphatic carbocycles. The van der Waals surface area contributed by atoms with Crippen molar-refractivity contribution in [1.82, 2.24) is 5.43 Å². The standard InChI is InChI=1S/C19H24N2/c1-15-9-5-6-12-17(15)18(21-20)19(13-7-8-14-19)16-10-3-2-4-11-16/h2-6,9-12,18,21H,7-8,13-14,20H2,1H3. The third-order valence-corrected chi connectivity index (χ3v) is 5.06. The molecule has 0 heterocycles. The summed E-state index contributed by atoms with van der Waals surface area (Å²) in [5.41, 5.74) is 7.30. The monoisotopic (exact) mass is 280 g/mol. The Hall–Kier alpha value is -1.64. The van der Waals surface area contributed by atoms with E-state index in [0.717, 1.165) is 0 Å². The summed E-state index contributed by atoms with van der Waals surface area (Å²) in [5, 5.41) is 0. The first-order valence-electron chi connectivity index (χ1n) is 7.85. The van der Waals surface area contributed by atoms with Crippen LogP contribution in [0.2, 0.25) is 0 Å². The third-order valence-electron chi connectivity index (χ3n) is 5.06. The predicted molar refractivity (Wildman–Crippen MR) is 87.8 cm³/mol. The van der Waals surface area contributed by atoms with Crippen LogP contribution in [0.3, 0.4) is 0 Å². The smallest absolute Gasteiger partial charge is 0.0559 e. The molecule has 0 saturated heterocycles. The Labute approximate surface area is 127 Å². The fraction of sp³-hybridized carbons (Fsp3) is 0.368. The molecule has 2 aromatic rings. The summed E-state index contributed by atoms with van der Waals surface area (Å²) in [6.45, 7) is 2.17. The van der Waals surface area contributed by atoms with Gasteiger partial charge in [-0.3, -0.25) is 11.3 Å². The molecule has 3 rings (SSSR count). The van der Waals surface area contributed by atoms with Crippen molar-refractivity contribution in [1.29, 1.82) is 0 Å². The first-order chi connectivity index (χ1) is 10.3. The minimum Gasteiger partial charge on any atom is -0.271 e. The van der Waals surface area contributed by atoms with Crippen molar-refractivity contribution in [3.05, 3.63) is 71.3 Å². The van der Waals surface area contributed by atoms with E-state index in [0.29, 0.717) is 0 Å². The van der Waals surface area contributed by atoms with E-state index < -0.39 is 0 Å². The third kappa shape index (κ3) is 2.50. The van der Waals surface area contributed by atoms with E-state index in [1.165, 1.54) is 42.4 Å². The normalized spacial score (nSPS) is 18.6. The van der Waals surface area contributed by atoms with Gasteiger partial charge in [-0.1, -0.05) is 67.4 Å². The first-order valence-corrected chi connectivity index (χ1v) is 7.85. The summed E-state index contributed by atoms with van der Waals surface area (Å²) < 4.78 is 0. The van der Waals surface area contributed by atoms with Gasteiger partial charge in [-0.15, -0.1) is 0 Å². The molecule has 110 valence electrons. The lowest BCUT2D eigenvalue weighted by Gasteiger charge is -2.39. The molecule has 1 saturated carbocycles. The molecular formula is C19H24N2. The van der Waals surface area contributed by atoms with Crippen molar-refractivity contribution in [2.24, 2.45) is 5.84 Å². The Morgan fingerprint density at radius 2 is 1.57 bits per heavy atom. The lowest BCUT2D eigenvalue weighted by Crippen LogP contribution is -2.43. The molecule has 2 aromatic carbocycles. The molecular weight excluding hydrogens is 256 g/mol. The zero-order valence-corrected chi connectivity index (χ0v) is 12.7. The van der Waals surface area contributed by atoms with Crippen LogP contribution >= 0.6 is 0 Å². The molecule has 3 N–H and O–H groups in total. The maximum Gasteiger partial charge on any atom is 0.0559 e. The summed E-state index contributed by atoms with van der Waals surface area (Å²) >= 11 is 0. The number of nitrogens with two attached hydrogens (primary N) is 1. The number of hydrazine groups is 1. The second kappa shape index (κ2) is 6.00. The van der Waals surface area contributed by atoms with Gasteiger partial charge in [0.2, 0.25) is 0 Å². The number of aryl methyl sites for hydroxylation is 1. The fourth-order valence-electron chi connectivity index (χ4n) is 3.98. The molecule has 21 heavy (non-hydrogen) atoms. The molecule has 0 radical (unpaired) electrons. The Morgan fingerprint density at radius 1 is 0.952 bits per heavy atom. The van der Waals surface area contributed by atoms with E-state index in [-0.39, 0.29) is 11.5 Å². The van der Waals surface area contributed by atoms with E-state index in [4.69, 9.17) is 5.84 Å². The highest BCUT2D eigenvalue weighted by Gasteiger charge is 2.43. The minimum atomic E-state index is 0.113. The molecule has 1 unspecified atom stereocenters. The Balaban J connectivity index is 2.10. The van der Waals surface area contributed by atoms with Gasteiger partial charge >= 0.3 is 0 Å². The quantitative estimate of drug-likeness (QED) is 0.656. The second-order valence-electron chi connectivity index (χ2n) is 6.19. The zero-order chi connectivity index (χ0) is 14.7. The molecule has 1 atom stereocenters. The van der Waals surface area contributed by atoms with Crippen LogP contribution in [-0.4, -0.2) is 0 Å². The molecule has 0 aliphatic heterocycles. The van der Waals surface area contributed by atoms with Gasteiger partial charge in [-0.2, -0.15) is 0 Å². The molecule has 0 aromatic heterocycles. The zero-order valence-electron chi connectivity index (χ0n) is 12.7. The SMILES string of the molecule is Cc1ccccc1C(NN)C1(c2ccccc2)CCCC1. The number of benzene rings is 2. The summed E-state index contributed by atoms with van der Waals surface area (Å²) in [6, 6.07) is 19.6.